The Morgan fingerprint density at radius 1 is 0.982 bits per heavy atom. The molecular weight excluding hydrogens is 717 g/mol. The molecule has 2 heterocycles. The number of likely N-dealkylation sites (tertiary alicyclic amines) is 1. The van der Waals surface area contributed by atoms with E-state index in [0.29, 0.717) is 25.9 Å². The SMILES string of the molecule is Cc1ncsc1-c1ccc(CNC(=O)[C@@H]2C[C@@H](O)CN2C(=O)[C@@H](NC(=O)CCCCCCc2ccc(CO[C@H](C)[C@@H](N)CCC(N)=O)cc2)C(C)(C)C)cc1. The van der Waals surface area contributed by atoms with Crippen LogP contribution in [0.3, 0.4) is 0 Å². The normalized spacial score (nSPS) is 17.4. The summed E-state index contributed by atoms with van der Waals surface area (Å²) in [6.45, 7) is 10.3. The smallest absolute Gasteiger partial charge is 0.246 e. The molecule has 2 aromatic carbocycles. The molecule has 1 aliphatic rings. The Kier molecular flexibility index (Phi) is 16.4. The zero-order chi connectivity index (χ0) is 40.1. The molecule has 1 saturated heterocycles. The number of benzene rings is 2. The second-order valence-electron chi connectivity index (χ2n) is 15.9. The predicted octanol–water partition coefficient (Wildman–Crippen LogP) is 4.92. The summed E-state index contributed by atoms with van der Waals surface area (Å²) in [5, 5.41) is 16.4. The van der Waals surface area contributed by atoms with Gasteiger partial charge in [0.2, 0.25) is 23.6 Å². The van der Waals surface area contributed by atoms with E-state index in [4.69, 9.17) is 16.2 Å². The van der Waals surface area contributed by atoms with Crippen LogP contribution in [0.2, 0.25) is 0 Å². The van der Waals surface area contributed by atoms with Gasteiger partial charge in [0.1, 0.15) is 12.1 Å². The molecule has 3 aromatic rings. The number of aliphatic hydroxyl groups is 1. The average Bonchev–Trinajstić information content (AvgIpc) is 3.77. The number of amides is 4. The summed E-state index contributed by atoms with van der Waals surface area (Å²) in [7, 11) is 0. The highest BCUT2D eigenvalue weighted by molar-refractivity contribution is 7.13. The van der Waals surface area contributed by atoms with E-state index < -0.39 is 23.6 Å². The van der Waals surface area contributed by atoms with Crippen molar-refractivity contribution < 1.29 is 29.0 Å². The number of aliphatic hydroxyl groups excluding tert-OH is 1. The minimum atomic E-state index is -0.849. The number of aromatic nitrogens is 1. The van der Waals surface area contributed by atoms with Crippen molar-refractivity contribution in [3.8, 4) is 10.4 Å². The van der Waals surface area contributed by atoms with Gasteiger partial charge in [-0.3, -0.25) is 19.2 Å². The second-order valence-corrected chi connectivity index (χ2v) is 16.7. The molecule has 5 atom stereocenters. The summed E-state index contributed by atoms with van der Waals surface area (Å²) in [6.07, 6.45) is 4.64. The van der Waals surface area contributed by atoms with Crippen LogP contribution in [0.1, 0.15) is 101 Å². The van der Waals surface area contributed by atoms with Gasteiger partial charge in [0, 0.05) is 38.4 Å². The summed E-state index contributed by atoms with van der Waals surface area (Å²) in [5.41, 5.74) is 17.8. The van der Waals surface area contributed by atoms with Crippen molar-refractivity contribution in [1.29, 1.82) is 0 Å². The molecule has 0 spiro atoms. The van der Waals surface area contributed by atoms with E-state index in [0.717, 1.165) is 52.9 Å². The lowest BCUT2D eigenvalue weighted by Crippen LogP contribution is -2.57. The van der Waals surface area contributed by atoms with Crippen molar-refractivity contribution in [2.45, 2.75) is 136 Å². The van der Waals surface area contributed by atoms with Crippen LogP contribution in [0.5, 0.6) is 0 Å². The summed E-state index contributed by atoms with van der Waals surface area (Å²) in [4.78, 5) is 58.3. The van der Waals surface area contributed by atoms with E-state index in [1.165, 1.54) is 10.5 Å². The highest BCUT2D eigenvalue weighted by Gasteiger charge is 2.44. The summed E-state index contributed by atoms with van der Waals surface area (Å²) in [5.74, 6) is -1.26. The van der Waals surface area contributed by atoms with Crippen LogP contribution in [0.15, 0.2) is 54.0 Å². The third-order valence-electron chi connectivity index (χ3n) is 10.2. The quantitative estimate of drug-likeness (QED) is 0.100. The first-order valence-corrected chi connectivity index (χ1v) is 20.3. The fraction of sp³-hybridized carbons (Fsp3) is 0.548. The Balaban J connectivity index is 1.18. The number of carbonyl (C=O) groups is 4. The van der Waals surface area contributed by atoms with E-state index in [1.807, 2.05) is 64.4 Å². The molecule has 4 amide bonds. The Morgan fingerprint density at radius 3 is 2.27 bits per heavy atom. The molecule has 0 unspecified atom stereocenters. The number of nitrogens with two attached hydrogens (primary N) is 2. The van der Waals surface area contributed by atoms with Gasteiger partial charge in [-0.05, 0) is 67.2 Å². The zero-order valence-corrected chi connectivity index (χ0v) is 33.8. The topological polar surface area (TPSA) is 190 Å². The van der Waals surface area contributed by atoms with Crippen molar-refractivity contribution in [2.24, 2.45) is 16.9 Å². The van der Waals surface area contributed by atoms with Gasteiger partial charge in [0.15, 0.2) is 0 Å². The molecule has 0 bridgehead atoms. The molecule has 0 saturated carbocycles. The van der Waals surface area contributed by atoms with Gasteiger partial charge >= 0.3 is 0 Å². The zero-order valence-electron chi connectivity index (χ0n) is 33.0. The van der Waals surface area contributed by atoms with Gasteiger partial charge in [-0.2, -0.15) is 0 Å². The molecule has 13 heteroatoms. The molecule has 0 aliphatic carbocycles. The first-order chi connectivity index (χ1) is 26.1. The molecule has 12 nitrogen and oxygen atoms in total. The molecule has 7 N–H and O–H groups in total. The van der Waals surface area contributed by atoms with Gasteiger partial charge in [-0.1, -0.05) is 82.1 Å². The lowest BCUT2D eigenvalue weighted by molar-refractivity contribution is -0.144. The van der Waals surface area contributed by atoms with Gasteiger partial charge in [-0.25, -0.2) is 4.98 Å². The van der Waals surface area contributed by atoms with E-state index in [2.05, 4.69) is 39.9 Å². The molecule has 1 fully saturated rings. The van der Waals surface area contributed by atoms with E-state index in [9.17, 15) is 24.3 Å². The molecule has 4 rings (SSSR count). The minimum Gasteiger partial charge on any atom is -0.391 e. The summed E-state index contributed by atoms with van der Waals surface area (Å²) >= 11 is 1.58. The number of nitrogens with one attached hydrogen (secondary N) is 2. The van der Waals surface area contributed by atoms with Crippen molar-refractivity contribution in [3.05, 3.63) is 76.4 Å². The number of unbranched alkanes of at least 4 members (excludes halogenated alkanes) is 3. The van der Waals surface area contributed by atoms with Gasteiger partial charge < -0.3 is 36.8 Å². The van der Waals surface area contributed by atoms with Crippen molar-refractivity contribution in [1.82, 2.24) is 20.5 Å². The van der Waals surface area contributed by atoms with Crippen molar-refractivity contribution in [2.75, 3.05) is 6.54 Å². The largest absolute Gasteiger partial charge is 0.391 e. The number of primary amides is 1. The molecular formula is C42H60N6O6S. The molecule has 1 aliphatic heterocycles. The van der Waals surface area contributed by atoms with Gasteiger partial charge in [-0.15, -0.1) is 11.3 Å². The third-order valence-corrected chi connectivity index (χ3v) is 11.2. The maximum Gasteiger partial charge on any atom is 0.246 e. The Hall–Kier alpha value is -4.17. The monoisotopic (exact) mass is 776 g/mol. The number of hydrogen-bond acceptors (Lipinski definition) is 9. The fourth-order valence-corrected chi connectivity index (χ4v) is 7.49. The summed E-state index contributed by atoms with van der Waals surface area (Å²) < 4.78 is 5.88. The Morgan fingerprint density at radius 2 is 1.64 bits per heavy atom. The van der Waals surface area contributed by atoms with Gasteiger partial charge in [0.05, 0.1) is 34.9 Å². The van der Waals surface area contributed by atoms with Crippen LogP contribution in [0.25, 0.3) is 10.4 Å². The number of nitrogens with zero attached hydrogens (tertiary/aromatic N) is 2. The first kappa shape index (κ1) is 43.6. The number of carbonyl (C=O) groups excluding carboxylic acids is 4. The van der Waals surface area contributed by atoms with Crippen LogP contribution >= 0.6 is 11.3 Å². The molecule has 1 aromatic heterocycles. The van der Waals surface area contributed by atoms with Crippen LogP contribution in [0, 0.1) is 12.3 Å². The standard InChI is InChI=1S/C42H60N6O6S/c1-27-38(55-26-46-27)32-18-16-30(17-19-32)23-45-40(52)35-22-33(49)24-48(35)41(53)39(42(3,4)5)47-37(51)11-9-7-6-8-10-29-12-14-31(15-13-29)25-54-28(2)34(43)20-21-36(44)50/h12-19,26,28,33-35,39,49H,6-11,20-25,43H2,1-5H3,(H2,44,50)(H,45,52)(H,47,51)/t28-,33-,34+,35+,39-/m1/s1. The molecule has 0 radical (unpaired) electrons. The number of hydrogen-bond donors (Lipinski definition) is 5. The van der Waals surface area contributed by atoms with Crippen LogP contribution in [-0.4, -0.2) is 75.5 Å². The molecule has 300 valence electrons. The number of aryl methyl sites for hydroxylation is 2. The third kappa shape index (κ3) is 13.5. The van der Waals surface area contributed by atoms with Crippen LogP contribution in [0.4, 0.5) is 0 Å². The average molecular weight is 777 g/mol. The Bertz CT molecular complexity index is 1710. The minimum absolute atomic E-state index is 0.0341. The number of ether oxygens (including phenoxy) is 1. The van der Waals surface area contributed by atoms with Crippen LogP contribution < -0.4 is 22.1 Å². The Labute approximate surface area is 329 Å². The summed E-state index contributed by atoms with van der Waals surface area (Å²) in [6, 6.07) is 14.3. The molecule has 55 heavy (non-hydrogen) atoms. The number of thiazole rings is 1. The lowest BCUT2D eigenvalue weighted by atomic mass is 9.85. The van der Waals surface area contributed by atoms with Crippen molar-refractivity contribution >= 4 is 35.0 Å². The van der Waals surface area contributed by atoms with E-state index in [1.54, 1.807) is 11.3 Å². The lowest BCUT2D eigenvalue weighted by Gasteiger charge is -2.35. The van der Waals surface area contributed by atoms with Crippen molar-refractivity contribution in [3.63, 3.8) is 0 Å². The number of rotatable bonds is 20. The number of β-amino-alcohol motifs (C(OH)–C–C–N with tert-alkyl or cyclic N) is 1. The second kappa shape index (κ2) is 20.7. The highest BCUT2D eigenvalue weighted by Crippen LogP contribution is 2.28. The first-order valence-electron chi connectivity index (χ1n) is 19.4. The fourth-order valence-electron chi connectivity index (χ4n) is 6.68. The van der Waals surface area contributed by atoms with E-state index >= 15 is 0 Å². The highest BCUT2D eigenvalue weighted by atomic mass is 32.1. The van der Waals surface area contributed by atoms with Gasteiger partial charge in [0.25, 0.3) is 0 Å². The van der Waals surface area contributed by atoms with Crippen LogP contribution in [-0.2, 0) is 43.5 Å². The predicted molar refractivity (Wildman–Crippen MR) is 216 cm³/mol. The maximum absolute atomic E-state index is 13.9. The maximum atomic E-state index is 13.9. The van der Waals surface area contributed by atoms with E-state index in [-0.39, 0.29) is 61.7 Å².